The molecule has 0 aromatic carbocycles. The van der Waals surface area contributed by atoms with Crippen LogP contribution in [-0.4, -0.2) is 13.1 Å². The van der Waals surface area contributed by atoms with Crippen LogP contribution in [0.25, 0.3) is 0 Å². The van der Waals surface area contributed by atoms with Gasteiger partial charge in [-0.1, -0.05) is 44.8 Å². The maximum Gasteiger partial charge on any atom is 0.305 e. The minimum Gasteiger partial charge on any atom is -0.469 e. The summed E-state index contributed by atoms with van der Waals surface area (Å²) in [5, 5.41) is 0. The van der Waals surface area contributed by atoms with Crippen LogP contribution in [0.3, 0.4) is 0 Å². The zero-order chi connectivity index (χ0) is 12.8. The molecule has 0 saturated carbocycles. The lowest BCUT2D eigenvalue weighted by atomic mass is 10.1. The number of allylic oxidation sites excluding steroid dienone is 2. The van der Waals surface area contributed by atoms with Crippen molar-refractivity contribution in [3.63, 3.8) is 0 Å². The van der Waals surface area contributed by atoms with Crippen molar-refractivity contribution in [2.45, 2.75) is 71.1 Å². The molecule has 0 heterocycles. The van der Waals surface area contributed by atoms with Crippen LogP contribution >= 0.6 is 0 Å². The molecule has 0 aliphatic heterocycles. The predicted octanol–water partition coefficient (Wildman–Crippen LogP) is 4.64. The first-order valence-electron chi connectivity index (χ1n) is 7.03. The molecule has 0 spiro atoms. The van der Waals surface area contributed by atoms with Crippen molar-refractivity contribution in [3.05, 3.63) is 12.2 Å². The summed E-state index contributed by atoms with van der Waals surface area (Å²) in [6.07, 6.45) is 16.2. The van der Waals surface area contributed by atoms with E-state index in [1.165, 1.54) is 45.6 Å². The minimum atomic E-state index is -0.0927. The molecule has 0 rings (SSSR count). The van der Waals surface area contributed by atoms with Gasteiger partial charge in [0.2, 0.25) is 0 Å². The largest absolute Gasteiger partial charge is 0.469 e. The van der Waals surface area contributed by atoms with E-state index in [-0.39, 0.29) is 5.97 Å². The zero-order valence-corrected chi connectivity index (χ0v) is 11.5. The number of esters is 1. The van der Waals surface area contributed by atoms with Gasteiger partial charge in [0, 0.05) is 6.42 Å². The van der Waals surface area contributed by atoms with Gasteiger partial charge in [-0.05, 0) is 32.1 Å². The number of methoxy groups -OCH3 is 1. The lowest BCUT2D eigenvalue weighted by molar-refractivity contribution is -0.140. The second kappa shape index (κ2) is 13.3. The first kappa shape index (κ1) is 16.2. The van der Waals surface area contributed by atoms with Gasteiger partial charge >= 0.3 is 5.97 Å². The van der Waals surface area contributed by atoms with Crippen molar-refractivity contribution >= 4 is 5.97 Å². The van der Waals surface area contributed by atoms with Gasteiger partial charge in [-0.25, -0.2) is 0 Å². The summed E-state index contributed by atoms with van der Waals surface area (Å²) in [5.41, 5.74) is 0. The van der Waals surface area contributed by atoms with Gasteiger partial charge in [-0.15, -0.1) is 0 Å². The molecule has 0 N–H and O–H groups in total. The molecule has 2 heteroatoms. The molecule has 0 amide bonds. The monoisotopic (exact) mass is 240 g/mol. The first-order chi connectivity index (χ1) is 8.31. The van der Waals surface area contributed by atoms with Crippen molar-refractivity contribution in [2.75, 3.05) is 7.11 Å². The third-order valence-electron chi connectivity index (χ3n) is 2.87. The van der Waals surface area contributed by atoms with E-state index in [4.69, 9.17) is 0 Å². The Bertz CT molecular complexity index is 197. The van der Waals surface area contributed by atoms with Crippen LogP contribution in [0.5, 0.6) is 0 Å². The van der Waals surface area contributed by atoms with Crippen LogP contribution in [0.15, 0.2) is 12.2 Å². The van der Waals surface area contributed by atoms with Crippen molar-refractivity contribution in [2.24, 2.45) is 0 Å². The van der Waals surface area contributed by atoms with Crippen LogP contribution in [0, 0.1) is 0 Å². The summed E-state index contributed by atoms with van der Waals surface area (Å²) < 4.78 is 4.59. The number of ether oxygens (including phenoxy) is 1. The molecular formula is C15H28O2. The second-order valence-electron chi connectivity index (χ2n) is 4.50. The van der Waals surface area contributed by atoms with E-state index in [9.17, 15) is 4.79 Å². The van der Waals surface area contributed by atoms with Gasteiger partial charge in [-0.2, -0.15) is 0 Å². The average Bonchev–Trinajstić information content (AvgIpc) is 2.35. The van der Waals surface area contributed by atoms with Crippen molar-refractivity contribution in [1.29, 1.82) is 0 Å². The molecule has 2 nitrogen and oxygen atoms in total. The molecular weight excluding hydrogens is 212 g/mol. The predicted molar refractivity (Wildman–Crippen MR) is 73.0 cm³/mol. The maximum absolute atomic E-state index is 10.8. The standard InChI is InChI=1S/C15H28O2/c1-3-4-5-6-7-8-9-10-11-12-13-14-15(16)17-2/h9-10H,3-8,11-14H2,1-2H3. The average molecular weight is 240 g/mol. The van der Waals surface area contributed by atoms with Gasteiger partial charge in [0.1, 0.15) is 0 Å². The van der Waals surface area contributed by atoms with E-state index in [0.29, 0.717) is 6.42 Å². The summed E-state index contributed by atoms with van der Waals surface area (Å²) in [5.74, 6) is -0.0927. The van der Waals surface area contributed by atoms with Gasteiger partial charge < -0.3 is 4.74 Å². The molecule has 0 aromatic rings. The summed E-state index contributed by atoms with van der Waals surface area (Å²) in [6.45, 7) is 2.24. The molecule has 0 unspecified atom stereocenters. The lowest BCUT2D eigenvalue weighted by Crippen LogP contribution is -1.98. The van der Waals surface area contributed by atoms with E-state index < -0.39 is 0 Å². The molecule has 0 bridgehead atoms. The number of carbonyl (C=O) groups is 1. The van der Waals surface area contributed by atoms with Crippen LogP contribution < -0.4 is 0 Å². The molecule has 0 aliphatic rings. The van der Waals surface area contributed by atoms with E-state index in [0.717, 1.165) is 19.3 Å². The Morgan fingerprint density at radius 2 is 1.53 bits per heavy atom. The Morgan fingerprint density at radius 3 is 2.12 bits per heavy atom. The summed E-state index contributed by atoms with van der Waals surface area (Å²) in [6, 6.07) is 0. The normalized spacial score (nSPS) is 10.9. The molecule has 0 radical (unpaired) electrons. The van der Waals surface area contributed by atoms with Crippen molar-refractivity contribution in [3.8, 4) is 0 Å². The quantitative estimate of drug-likeness (QED) is 0.299. The first-order valence-corrected chi connectivity index (χ1v) is 7.03. The molecule has 100 valence electrons. The highest BCUT2D eigenvalue weighted by Crippen LogP contribution is 2.07. The van der Waals surface area contributed by atoms with Crippen LogP contribution in [0.4, 0.5) is 0 Å². The fraction of sp³-hybridized carbons (Fsp3) is 0.800. The Hall–Kier alpha value is -0.790. The molecule has 17 heavy (non-hydrogen) atoms. The van der Waals surface area contributed by atoms with Crippen molar-refractivity contribution in [1.82, 2.24) is 0 Å². The smallest absolute Gasteiger partial charge is 0.305 e. The highest BCUT2D eigenvalue weighted by molar-refractivity contribution is 5.68. The van der Waals surface area contributed by atoms with Crippen LogP contribution in [0.2, 0.25) is 0 Å². The van der Waals surface area contributed by atoms with E-state index in [1.54, 1.807) is 0 Å². The van der Waals surface area contributed by atoms with Gasteiger partial charge in [-0.3, -0.25) is 4.79 Å². The molecule has 0 aliphatic carbocycles. The van der Waals surface area contributed by atoms with Crippen molar-refractivity contribution < 1.29 is 9.53 Å². The number of carbonyl (C=O) groups excluding carboxylic acids is 1. The molecule has 0 aromatic heterocycles. The van der Waals surface area contributed by atoms with Gasteiger partial charge in [0.25, 0.3) is 0 Å². The fourth-order valence-corrected chi connectivity index (χ4v) is 1.74. The van der Waals surface area contributed by atoms with E-state index >= 15 is 0 Å². The SMILES string of the molecule is CCCCCCCC=CCCCCC(=O)OC. The minimum absolute atomic E-state index is 0.0927. The molecule has 0 fully saturated rings. The van der Waals surface area contributed by atoms with Gasteiger partial charge in [0.15, 0.2) is 0 Å². The number of rotatable bonds is 11. The van der Waals surface area contributed by atoms with Gasteiger partial charge in [0.05, 0.1) is 7.11 Å². The number of hydrogen-bond acceptors (Lipinski definition) is 2. The summed E-state index contributed by atoms with van der Waals surface area (Å²) >= 11 is 0. The highest BCUT2D eigenvalue weighted by Gasteiger charge is 1.97. The van der Waals surface area contributed by atoms with Crippen LogP contribution in [-0.2, 0) is 9.53 Å². The second-order valence-corrected chi connectivity index (χ2v) is 4.50. The van der Waals surface area contributed by atoms with Crippen LogP contribution in [0.1, 0.15) is 71.1 Å². The zero-order valence-electron chi connectivity index (χ0n) is 11.5. The lowest BCUT2D eigenvalue weighted by Gasteiger charge is -1.98. The Balaban J connectivity index is 3.12. The topological polar surface area (TPSA) is 26.3 Å². The molecule has 0 atom stereocenters. The Labute approximate surface area is 106 Å². The van der Waals surface area contributed by atoms with E-state index in [2.05, 4.69) is 23.8 Å². The number of hydrogen-bond donors (Lipinski definition) is 0. The number of unbranched alkanes of at least 4 members (excludes halogenated alkanes) is 7. The molecule has 0 saturated heterocycles. The Kier molecular flexibility index (Phi) is 12.7. The summed E-state index contributed by atoms with van der Waals surface area (Å²) in [7, 11) is 1.45. The third-order valence-corrected chi connectivity index (χ3v) is 2.87. The highest BCUT2D eigenvalue weighted by atomic mass is 16.5. The Morgan fingerprint density at radius 1 is 0.941 bits per heavy atom. The van der Waals surface area contributed by atoms with E-state index in [1.807, 2.05) is 0 Å². The maximum atomic E-state index is 10.8. The summed E-state index contributed by atoms with van der Waals surface area (Å²) in [4.78, 5) is 10.8. The third kappa shape index (κ3) is 13.1. The fourth-order valence-electron chi connectivity index (χ4n) is 1.74.